The molecule has 0 fully saturated rings. The average molecular weight is 257 g/mol. The predicted octanol–water partition coefficient (Wildman–Crippen LogP) is 2.51. The lowest BCUT2D eigenvalue weighted by molar-refractivity contribution is -0.115. The number of methoxy groups -OCH3 is 1. The quantitative estimate of drug-likeness (QED) is 0.775. The Kier molecular flexibility index (Phi) is 4.14. The number of ketones is 1. The summed E-state index contributed by atoms with van der Waals surface area (Å²) in [5.74, 6) is 1.02. The van der Waals surface area contributed by atoms with E-state index in [2.05, 4.69) is 15.9 Å². The second-order valence-electron chi connectivity index (χ2n) is 3.14. The molecular formula is C11H13BrO2. The lowest BCUT2D eigenvalue weighted by Crippen LogP contribution is -2.04. The second-order valence-corrected chi connectivity index (χ2v) is 3.70. The van der Waals surface area contributed by atoms with Crippen molar-refractivity contribution in [2.45, 2.75) is 13.3 Å². The van der Waals surface area contributed by atoms with Crippen molar-refractivity contribution in [3.63, 3.8) is 0 Å². The van der Waals surface area contributed by atoms with E-state index in [0.717, 1.165) is 16.9 Å². The summed E-state index contributed by atoms with van der Waals surface area (Å²) < 4.78 is 5.09. The van der Waals surface area contributed by atoms with Crippen LogP contribution in [0.5, 0.6) is 5.75 Å². The van der Waals surface area contributed by atoms with Gasteiger partial charge in [0.2, 0.25) is 0 Å². The molecule has 0 atom stereocenters. The summed E-state index contributed by atoms with van der Waals surface area (Å²) in [5.41, 5.74) is 2.16. The van der Waals surface area contributed by atoms with Crippen LogP contribution in [0.15, 0.2) is 18.2 Å². The molecule has 3 heteroatoms. The van der Waals surface area contributed by atoms with Gasteiger partial charge < -0.3 is 4.74 Å². The van der Waals surface area contributed by atoms with E-state index in [0.29, 0.717) is 11.8 Å². The van der Waals surface area contributed by atoms with E-state index in [-0.39, 0.29) is 5.78 Å². The van der Waals surface area contributed by atoms with Gasteiger partial charge in [0.25, 0.3) is 0 Å². The molecule has 0 amide bonds. The van der Waals surface area contributed by atoms with Crippen LogP contribution in [0, 0.1) is 6.92 Å². The lowest BCUT2D eigenvalue weighted by atomic mass is 10.0. The van der Waals surface area contributed by atoms with Crippen molar-refractivity contribution in [3.8, 4) is 5.75 Å². The first kappa shape index (κ1) is 11.2. The van der Waals surface area contributed by atoms with Gasteiger partial charge in [0.1, 0.15) is 11.5 Å². The van der Waals surface area contributed by atoms with E-state index in [9.17, 15) is 4.79 Å². The molecule has 0 aliphatic carbocycles. The van der Waals surface area contributed by atoms with E-state index < -0.39 is 0 Å². The topological polar surface area (TPSA) is 26.3 Å². The largest absolute Gasteiger partial charge is 0.497 e. The first-order chi connectivity index (χ1) is 6.67. The SMILES string of the molecule is COc1ccc(CC(=O)CBr)c(C)c1. The summed E-state index contributed by atoms with van der Waals surface area (Å²) in [6, 6.07) is 5.76. The zero-order chi connectivity index (χ0) is 10.6. The van der Waals surface area contributed by atoms with Gasteiger partial charge in [-0.25, -0.2) is 0 Å². The number of halogens is 1. The smallest absolute Gasteiger partial charge is 0.147 e. The fraction of sp³-hybridized carbons (Fsp3) is 0.364. The molecule has 1 rings (SSSR count). The molecule has 2 nitrogen and oxygen atoms in total. The Bertz CT molecular complexity index is 334. The lowest BCUT2D eigenvalue weighted by Gasteiger charge is -2.06. The first-order valence-corrected chi connectivity index (χ1v) is 5.50. The minimum absolute atomic E-state index is 0.193. The highest BCUT2D eigenvalue weighted by atomic mass is 79.9. The highest BCUT2D eigenvalue weighted by molar-refractivity contribution is 9.09. The molecule has 0 saturated carbocycles. The molecule has 0 aromatic heterocycles. The Morgan fingerprint density at radius 1 is 1.50 bits per heavy atom. The van der Waals surface area contributed by atoms with Gasteiger partial charge in [-0.1, -0.05) is 22.0 Å². The fourth-order valence-corrected chi connectivity index (χ4v) is 1.45. The molecule has 1 aromatic rings. The third kappa shape index (κ3) is 2.84. The number of carbonyl (C=O) groups is 1. The molecule has 0 N–H and O–H groups in total. The van der Waals surface area contributed by atoms with Crippen LogP contribution in [0.1, 0.15) is 11.1 Å². The number of Topliss-reactive ketones (excluding diaryl/α,β-unsaturated/α-hetero) is 1. The normalized spacial score (nSPS) is 9.93. The van der Waals surface area contributed by atoms with Gasteiger partial charge in [0.15, 0.2) is 0 Å². The minimum Gasteiger partial charge on any atom is -0.497 e. The Morgan fingerprint density at radius 2 is 2.21 bits per heavy atom. The molecule has 0 saturated heterocycles. The van der Waals surface area contributed by atoms with E-state index >= 15 is 0 Å². The van der Waals surface area contributed by atoms with Crippen molar-refractivity contribution in [2.24, 2.45) is 0 Å². The molecule has 0 unspecified atom stereocenters. The van der Waals surface area contributed by atoms with Crippen molar-refractivity contribution < 1.29 is 9.53 Å². The molecular weight excluding hydrogens is 244 g/mol. The summed E-state index contributed by atoms with van der Waals surface area (Å²) in [4.78, 5) is 11.2. The van der Waals surface area contributed by atoms with Gasteiger partial charge in [0, 0.05) is 6.42 Å². The van der Waals surface area contributed by atoms with Crippen LogP contribution >= 0.6 is 15.9 Å². The molecule has 0 heterocycles. The van der Waals surface area contributed by atoms with Crippen molar-refractivity contribution in [3.05, 3.63) is 29.3 Å². The van der Waals surface area contributed by atoms with Gasteiger partial charge in [-0.15, -0.1) is 0 Å². The standard InChI is InChI=1S/C11H13BrO2/c1-8-5-11(14-2)4-3-9(8)6-10(13)7-12/h3-5H,6-7H2,1-2H3. The maximum Gasteiger partial charge on any atom is 0.147 e. The predicted molar refractivity (Wildman–Crippen MR) is 60.2 cm³/mol. The van der Waals surface area contributed by atoms with Crippen LogP contribution in [0.3, 0.4) is 0 Å². The first-order valence-electron chi connectivity index (χ1n) is 4.38. The molecule has 0 bridgehead atoms. The number of hydrogen-bond donors (Lipinski definition) is 0. The number of alkyl halides is 1. The summed E-state index contributed by atoms with van der Waals surface area (Å²) in [7, 11) is 1.64. The summed E-state index contributed by atoms with van der Waals surface area (Å²) in [6.45, 7) is 1.99. The molecule has 14 heavy (non-hydrogen) atoms. The van der Waals surface area contributed by atoms with Crippen molar-refractivity contribution in [1.29, 1.82) is 0 Å². The van der Waals surface area contributed by atoms with E-state index in [4.69, 9.17) is 4.74 Å². The maximum atomic E-state index is 11.2. The van der Waals surface area contributed by atoms with Crippen LogP contribution in [-0.2, 0) is 11.2 Å². The van der Waals surface area contributed by atoms with Gasteiger partial charge in [0.05, 0.1) is 12.4 Å². The molecule has 0 radical (unpaired) electrons. The minimum atomic E-state index is 0.193. The number of aryl methyl sites for hydroxylation is 1. The Morgan fingerprint density at radius 3 is 2.71 bits per heavy atom. The van der Waals surface area contributed by atoms with Gasteiger partial charge >= 0.3 is 0 Å². The van der Waals surface area contributed by atoms with Gasteiger partial charge in [-0.3, -0.25) is 4.79 Å². The van der Waals surface area contributed by atoms with Crippen LogP contribution in [0.2, 0.25) is 0 Å². The Balaban J connectivity index is 2.83. The van der Waals surface area contributed by atoms with Crippen LogP contribution in [-0.4, -0.2) is 18.2 Å². The van der Waals surface area contributed by atoms with Gasteiger partial charge in [-0.2, -0.15) is 0 Å². The zero-order valence-electron chi connectivity index (χ0n) is 8.34. The van der Waals surface area contributed by atoms with Gasteiger partial charge in [-0.05, 0) is 30.2 Å². The van der Waals surface area contributed by atoms with Crippen molar-refractivity contribution in [1.82, 2.24) is 0 Å². The molecule has 0 aliphatic rings. The molecule has 76 valence electrons. The van der Waals surface area contributed by atoms with Crippen molar-refractivity contribution in [2.75, 3.05) is 12.4 Å². The number of rotatable bonds is 4. The number of benzene rings is 1. The third-order valence-electron chi connectivity index (χ3n) is 2.09. The molecule has 0 aliphatic heterocycles. The Labute approximate surface area is 92.4 Å². The monoisotopic (exact) mass is 256 g/mol. The van der Waals surface area contributed by atoms with Crippen LogP contribution in [0.4, 0.5) is 0 Å². The molecule has 0 spiro atoms. The Hall–Kier alpha value is -0.830. The maximum absolute atomic E-state index is 11.2. The highest BCUT2D eigenvalue weighted by Gasteiger charge is 2.05. The highest BCUT2D eigenvalue weighted by Crippen LogP contribution is 2.17. The van der Waals surface area contributed by atoms with Crippen molar-refractivity contribution >= 4 is 21.7 Å². The third-order valence-corrected chi connectivity index (χ3v) is 2.71. The van der Waals surface area contributed by atoms with E-state index in [1.165, 1.54) is 0 Å². The average Bonchev–Trinajstić information content (AvgIpc) is 2.20. The van der Waals surface area contributed by atoms with Crippen LogP contribution in [0.25, 0.3) is 0 Å². The summed E-state index contributed by atoms with van der Waals surface area (Å²) >= 11 is 3.15. The fourth-order valence-electron chi connectivity index (χ4n) is 1.25. The van der Waals surface area contributed by atoms with E-state index in [1.807, 2.05) is 25.1 Å². The van der Waals surface area contributed by atoms with Crippen LogP contribution < -0.4 is 4.74 Å². The number of carbonyl (C=O) groups excluding carboxylic acids is 1. The summed E-state index contributed by atoms with van der Waals surface area (Å²) in [6.07, 6.45) is 0.487. The molecule has 1 aromatic carbocycles. The number of hydrogen-bond acceptors (Lipinski definition) is 2. The number of ether oxygens (including phenoxy) is 1. The zero-order valence-corrected chi connectivity index (χ0v) is 9.93. The van der Waals surface area contributed by atoms with E-state index in [1.54, 1.807) is 7.11 Å². The second kappa shape index (κ2) is 5.15. The summed E-state index contributed by atoms with van der Waals surface area (Å²) in [5, 5.41) is 0.415.